The lowest BCUT2D eigenvalue weighted by Gasteiger charge is -2.42. The third-order valence-electron chi connectivity index (χ3n) is 6.79. The van der Waals surface area contributed by atoms with Crippen molar-refractivity contribution in [3.63, 3.8) is 0 Å². The van der Waals surface area contributed by atoms with Gasteiger partial charge in [0.2, 0.25) is 0 Å². The zero-order valence-corrected chi connectivity index (χ0v) is 20.1. The highest BCUT2D eigenvalue weighted by molar-refractivity contribution is 7.84. The molecule has 2 heterocycles. The summed E-state index contributed by atoms with van der Waals surface area (Å²) in [6, 6.07) is 11.0. The van der Waals surface area contributed by atoms with Crippen LogP contribution >= 0.6 is 0 Å². The highest BCUT2D eigenvalue weighted by Crippen LogP contribution is 2.48. The van der Waals surface area contributed by atoms with Gasteiger partial charge in [-0.25, -0.2) is 23.5 Å². The number of pyridine rings is 1. The molecule has 1 aromatic carbocycles. The Hall–Kier alpha value is -2.52. The van der Waals surface area contributed by atoms with Crippen molar-refractivity contribution in [1.82, 2.24) is 14.6 Å². The summed E-state index contributed by atoms with van der Waals surface area (Å²) in [6.45, 7) is 6.57. The first kappa shape index (κ1) is 23.6. The highest BCUT2D eigenvalue weighted by atomic mass is 32.2. The Morgan fingerprint density at radius 1 is 1.18 bits per heavy atom. The van der Waals surface area contributed by atoms with Crippen molar-refractivity contribution in [1.29, 1.82) is 0 Å². The number of para-hydroxylation sites is 1. The van der Waals surface area contributed by atoms with E-state index in [1.54, 1.807) is 6.07 Å². The smallest absolute Gasteiger partial charge is 0.407 e. The monoisotopic (exact) mass is 473 g/mol. The number of carboxylic acid groups (broad SMARTS) is 1. The molecule has 0 radical (unpaired) electrons. The number of piperidine rings is 1. The first-order valence-electron chi connectivity index (χ1n) is 11.3. The molecule has 4 rings (SSSR count). The summed E-state index contributed by atoms with van der Waals surface area (Å²) >= 11 is 0. The minimum absolute atomic E-state index is 0.129. The van der Waals surface area contributed by atoms with Gasteiger partial charge in [0, 0.05) is 30.9 Å². The largest absolute Gasteiger partial charge is 0.465 e. The molecular weight excluding hydrogens is 442 g/mol. The predicted molar refractivity (Wildman–Crippen MR) is 126 cm³/mol. The van der Waals surface area contributed by atoms with E-state index in [-0.39, 0.29) is 23.3 Å². The third-order valence-corrected chi connectivity index (χ3v) is 8.40. The maximum atomic E-state index is 12.9. The van der Waals surface area contributed by atoms with Gasteiger partial charge in [-0.1, -0.05) is 24.3 Å². The van der Waals surface area contributed by atoms with Crippen LogP contribution in [-0.2, 0) is 15.7 Å². The number of benzene rings is 1. The number of carbonyl (C=O) groups excluding carboxylic acids is 1. The van der Waals surface area contributed by atoms with Gasteiger partial charge in [0.15, 0.2) is 0 Å². The number of rotatable bonds is 4. The summed E-state index contributed by atoms with van der Waals surface area (Å²) < 4.78 is 21.6. The molecule has 1 saturated carbocycles. The molecule has 1 aliphatic heterocycles. The number of fused-ring (bicyclic) bond motifs is 1. The van der Waals surface area contributed by atoms with E-state index in [9.17, 15) is 18.9 Å². The van der Waals surface area contributed by atoms with E-state index in [1.807, 2.05) is 51.1 Å². The Morgan fingerprint density at radius 2 is 1.88 bits per heavy atom. The average Bonchev–Trinajstić information content (AvgIpc) is 3.08. The van der Waals surface area contributed by atoms with Crippen LogP contribution in [0.1, 0.15) is 56.9 Å². The Morgan fingerprint density at radius 3 is 2.55 bits per heavy atom. The zero-order chi connectivity index (χ0) is 23.8. The average molecular weight is 474 g/mol. The van der Waals surface area contributed by atoms with Crippen molar-refractivity contribution in [3.8, 4) is 0 Å². The molecular formula is C24H31N3O5S. The molecule has 2 aromatic rings. The summed E-state index contributed by atoms with van der Waals surface area (Å²) in [5.41, 5.74) is 0.725. The lowest BCUT2D eigenvalue weighted by molar-refractivity contribution is 0.0247. The van der Waals surface area contributed by atoms with Crippen molar-refractivity contribution in [2.24, 2.45) is 5.41 Å². The van der Waals surface area contributed by atoms with Crippen molar-refractivity contribution in [2.75, 3.05) is 13.1 Å². The molecule has 2 fully saturated rings. The van der Waals surface area contributed by atoms with E-state index in [0.29, 0.717) is 38.8 Å². The number of hydrogen-bond donors (Lipinski definition) is 2. The Bertz CT molecular complexity index is 1080. The molecule has 33 heavy (non-hydrogen) atoms. The second kappa shape index (κ2) is 9.02. The standard InChI is InChI=1S/C24H31N3O5S/c1-23(2,3)33(31)26-20-14-17(15-24(20)10-12-27(13-11-24)22(29)30)32-21(28)19-9-8-16-6-4-5-7-18(16)25-19/h4-9,17,20,26H,10-15H2,1-3H3,(H,29,30)/t17-,20-,33?/m1/s1. The number of likely N-dealkylation sites (tertiary alicyclic amines) is 1. The normalized spacial score (nSPS) is 23.5. The number of carbonyl (C=O) groups is 2. The minimum Gasteiger partial charge on any atom is -0.465 e. The summed E-state index contributed by atoms with van der Waals surface area (Å²) in [4.78, 5) is 30.1. The van der Waals surface area contributed by atoms with Gasteiger partial charge in [-0.05, 0) is 57.6 Å². The van der Waals surface area contributed by atoms with Crippen LogP contribution in [-0.4, -0.2) is 61.2 Å². The molecule has 1 amide bonds. The van der Waals surface area contributed by atoms with Crippen LogP contribution in [0.5, 0.6) is 0 Å². The fraction of sp³-hybridized carbons (Fsp3) is 0.542. The Balaban J connectivity index is 1.50. The van der Waals surface area contributed by atoms with E-state index in [1.165, 1.54) is 4.90 Å². The van der Waals surface area contributed by atoms with Gasteiger partial charge in [-0.3, -0.25) is 0 Å². The number of hydrogen-bond acceptors (Lipinski definition) is 5. The van der Waals surface area contributed by atoms with E-state index < -0.39 is 27.8 Å². The molecule has 8 nitrogen and oxygen atoms in total. The molecule has 1 unspecified atom stereocenters. The maximum Gasteiger partial charge on any atom is 0.407 e. The molecule has 1 saturated heterocycles. The lowest BCUT2D eigenvalue weighted by atomic mass is 9.74. The first-order chi connectivity index (χ1) is 15.6. The van der Waals surface area contributed by atoms with E-state index >= 15 is 0 Å². The van der Waals surface area contributed by atoms with Crippen molar-refractivity contribution in [3.05, 3.63) is 42.1 Å². The van der Waals surface area contributed by atoms with Crippen LogP contribution in [0.25, 0.3) is 10.9 Å². The topological polar surface area (TPSA) is 109 Å². The number of nitrogens with one attached hydrogen (secondary N) is 1. The minimum atomic E-state index is -1.28. The van der Waals surface area contributed by atoms with Crippen LogP contribution in [0.15, 0.2) is 36.4 Å². The number of ether oxygens (including phenoxy) is 1. The summed E-state index contributed by atoms with van der Waals surface area (Å²) in [5.74, 6) is -0.471. The van der Waals surface area contributed by atoms with Crippen LogP contribution in [0.4, 0.5) is 4.79 Å². The van der Waals surface area contributed by atoms with Crippen LogP contribution in [0.2, 0.25) is 0 Å². The van der Waals surface area contributed by atoms with Gasteiger partial charge in [-0.15, -0.1) is 0 Å². The van der Waals surface area contributed by atoms with Crippen molar-refractivity contribution in [2.45, 2.75) is 63.3 Å². The number of aromatic nitrogens is 1. The second-order valence-corrected chi connectivity index (χ2v) is 12.0. The van der Waals surface area contributed by atoms with Gasteiger partial charge >= 0.3 is 12.1 Å². The van der Waals surface area contributed by atoms with Gasteiger partial charge in [0.05, 0.1) is 21.2 Å². The fourth-order valence-corrected chi connectivity index (χ4v) is 5.81. The van der Waals surface area contributed by atoms with E-state index in [2.05, 4.69) is 9.71 Å². The fourth-order valence-electron chi connectivity index (χ4n) is 4.85. The van der Waals surface area contributed by atoms with Gasteiger partial charge in [0.1, 0.15) is 11.8 Å². The first-order valence-corrected chi connectivity index (χ1v) is 12.5. The number of amides is 1. The van der Waals surface area contributed by atoms with Crippen molar-refractivity contribution >= 4 is 34.0 Å². The molecule has 3 atom stereocenters. The quantitative estimate of drug-likeness (QED) is 0.655. The van der Waals surface area contributed by atoms with E-state index in [0.717, 1.165) is 10.9 Å². The molecule has 0 bridgehead atoms. The summed E-state index contributed by atoms with van der Waals surface area (Å²) in [5, 5.41) is 10.3. The maximum absolute atomic E-state index is 12.9. The molecule has 9 heteroatoms. The van der Waals surface area contributed by atoms with Crippen molar-refractivity contribution < 1.29 is 23.6 Å². The molecule has 1 aromatic heterocycles. The lowest BCUT2D eigenvalue weighted by Crippen LogP contribution is -2.51. The van der Waals surface area contributed by atoms with Crippen LogP contribution in [0, 0.1) is 5.41 Å². The zero-order valence-electron chi connectivity index (χ0n) is 19.2. The number of esters is 1. The summed E-state index contributed by atoms with van der Waals surface area (Å²) in [7, 11) is -1.28. The van der Waals surface area contributed by atoms with Crippen LogP contribution in [0.3, 0.4) is 0 Å². The number of nitrogens with zero attached hydrogens (tertiary/aromatic N) is 2. The molecule has 1 aliphatic carbocycles. The Labute approximate surface area is 196 Å². The SMILES string of the molecule is CC(C)(C)S(=O)N[C@@H]1C[C@@H](OC(=O)c2ccc3ccccc3n2)CC12CCN(C(=O)O)CC2. The highest BCUT2D eigenvalue weighted by Gasteiger charge is 2.51. The predicted octanol–water partition coefficient (Wildman–Crippen LogP) is 3.73. The molecule has 1 spiro atoms. The van der Waals surface area contributed by atoms with E-state index in [4.69, 9.17) is 4.74 Å². The van der Waals surface area contributed by atoms with Gasteiger partial charge in [-0.2, -0.15) is 0 Å². The third kappa shape index (κ3) is 5.04. The van der Waals surface area contributed by atoms with Gasteiger partial charge < -0.3 is 14.7 Å². The Kier molecular flexibility index (Phi) is 6.46. The summed E-state index contributed by atoms with van der Waals surface area (Å²) in [6.07, 6.45) is 1.15. The molecule has 2 N–H and O–H groups in total. The van der Waals surface area contributed by atoms with Crippen LogP contribution < -0.4 is 4.72 Å². The second-order valence-electron chi connectivity index (χ2n) is 10.0. The van der Waals surface area contributed by atoms with Gasteiger partial charge in [0.25, 0.3) is 0 Å². The molecule has 178 valence electrons. The molecule has 2 aliphatic rings.